The molecular formula is C19H16N5O2S. The van der Waals surface area contributed by atoms with Crippen LogP contribution in [0.4, 0.5) is 5.95 Å². The molecule has 0 fully saturated rings. The van der Waals surface area contributed by atoms with Gasteiger partial charge in [0.25, 0.3) is 5.95 Å². The van der Waals surface area contributed by atoms with Crippen molar-refractivity contribution in [2.75, 3.05) is 14.2 Å². The average molecular weight is 378 g/mol. The van der Waals surface area contributed by atoms with Gasteiger partial charge >= 0.3 is 0 Å². The lowest BCUT2D eigenvalue weighted by molar-refractivity contribution is 0.397. The highest BCUT2D eigenvalue weighted by atomic mass is 32.1. The monoisotopic (exact) mass is 378 g/mol. The van der Waals surface area contributed by atoms with Crippen molar-refractivity contribution in [2.45, 2.75) is 6.54 Å². The Labute approximate surface area is 160 Å². The fourth-order valence-electron chi connectivity index (χ4n) is 2.71. The number of hydrogen-bond donors (Lipinski definition) is 0. The molecule has 0 amide bonds. The second-order valence-electron chi connectivity index (χ2n) is 5.57. The van der Waals surface area contributed by atoms with Crippen molar-refractivity contribution in [3.63, 3.8) is 0 Å². The van der Waals surface area contributed by atoms with Gasteiger partial charge in [-0.1, -0.05) is 18.2 Å². The van der Waals surface area contributed by atoms with Gasteiger partial charge in [0.05, 0.1) is 42.7 Å². The number of hydrogen-bond acceptors (Lipinski definition) is 7. The number of ether oxygens (including phenoxy) is 2. The van der Waals surface area contributed by atoms with E-state index in [-0.39, 0.29) is 0 Å². The normalized spacial score (nSPS) is 10.7. The minimum atomic E-state index is 0.291. The van der Waals surface area contributed by atoms with Crippen molar-refractivity contribution in [3.05, 3.63) is 53.7 Å². The first-order valence-corrected chi connectivity index (χ1v) is 9.03. The van der Waals surface area contributed by atoms with Crippen LogP contribution in [0.15, 0.2) is 48.7 Å². The molecule has 135 valence electrons. The van der Waals surface area contributed by atoms with Gasteiger partial charge in [-0.15, -0.1) is 16.4 Å². The second kappa shape index (κ2) is 7.55. The fraction of sp³-hybridized carbons (Fsp3) is 0.158. The predicted octanol–water partition coefficient (Wildman–Crippen LogP) is 3.60. The van der Waals surface area contributed by atoms with Crippen LogP contribution < -0.4 is 14.8 Å². The van der Waals surface area contributed by atoms with Gasteiger partial charge in [0.2, 0.25) is 0 Å². The highest BCUT2D eigenvalue weighted by molar-refractivity contribution is 7.18. The molecule has 7 nitrogen and oxygen atoms in total. The third-order valence-electron chi connectivity index (χ3n) is 3.93. The van der Waals surface area contributed by atoms with E-state index in [1.807, 2.05) is 42.5 Å². The molecule has 0 spiro atoms. The Morgan fingerprint density at radius 3 is 2.48 bits per heavy atom. The summed E-state index contributed by atoms with van der Waals surface area (Å²) in [5, 5.41) is 13.4. The zero-order valence-electron chi connectivity index (χ0n) is 14.8. The molecule has 8 heteroatoms. The average Bonchev–Trinajstić information content (AvgIpc) is 3.15. The molecule has 0 atom stereocenters. The van der Waals surface area contributed by atoms with E-state index >= 15 is 0 Å². The quantitative estimate of drug-likeness (QED) is 0.510. The van der Waals surface area contributed by atoms with Crippen molar-refractivity contribution in [1.29, 1.82) is 0 Å². The smallest absolute Gasteiger partial charge is 0.265 e. The lowest BCUT2D eigenvalue weighted by Crippen LogP contribution is -2.05. The zero-order valence-corrected chi connectivity index (χ0v) is 15.6. The maximum absolute atomic E-state index is 5.44. The summed E-state index contributed by atoms with van der Waals surface area (Å²) in [6.07, 6.45) is 1.57. The van der Waals surface area contributed by atoms with E-state index in [2.05, 4.69) is 25.5 Å². The van der Waals surface area contributed by atoms with Crippen LogP contribution in [0.5, 0.6) is 11.5 Å². The molecule has 27 heavy (non-hydrogen) atoms. The summed E-state index contributed by atoms with van der Waals surface area (Å²) < 4.78 is 12.0. The largest absolute Gasteiger partial charge is 0.496 e. The first-order chi connectivity index (χ1) is 13.3. The van der Waals surface area contributed by atoms with Crippen molar-refractivity contribution in [2.24, 2.45) is 0 Å². The summed E-state index contributed by atoms with van der Waals surface area (Å²) in [6, 6.07) is 13.5. The lowest BCUT2D eigenvalue weighted by Gasteiger charge is -2.12. The van der Waals surface area contributed by atoms with Gasteiger partial charge in [0, 0.05) is 0 Å². The number of fused-ring (bicyclic) bond motifs is 1. The number of para-hydroxylation sites is 1. The van der Waals surface area contributed by atoms with E-state index in [1.54, 1.807) is 31.8 Å². The minimum absolute atomic E-state index is 0.291. The van der Waals surface area contributed by atoms with Crippen LogP contribution in [0.25, 0.3) is 21.5 Å². The van der Waals surface area contributed by atoms with Gasteiger partial charge in [-0.3, -0.25) is 0 Å². The number of rotatable bonds is 6. The molecule has 2 aromatic carbocycles. The maximum atomic E-state index is 5.44. The van der Waals surface area contributed by atoms with Crippen LogP contribution in [-0.4, -0.2) is 34.4 Å². The van der Waals surface area contributed by atoms with Gasteiger partial charge in [-0.2, -0.15) is 5.10 Å². The Balaban J connectivity index is 1.60. The summed E-state index contributed by atoms with van der Waals surface area (Å²) in [5.41, 5.74) is 2.27. The van der Waals surface area contributed by atoms with Crippen LogP contribution in [0, 0.1) is 0 Å². The summed E-state index contributed by atoms with van der Waals surface area (Å²) >= 11 is 1.61. The van der Waals surface area contributed by atoms with E-state index in [0.717, 1.165) is 15.2 Å². The molecule has 4 aromatic rings. The second-order valence-corrected chi connectivity index (χ2v) is 6.69. The summed E-state index contributed by atoms with van der Waals surface area (Å²) in [6.45, 7) is 0.396. The number of thiazole rings is 1. The number of methoxy groups -OCH3 is 2. The van der Waals surface area contributed by atoms with Crippen molar-refractivity contribution < 1.29 is 9.47 Å². The van der Waals surface area contributed by atoms with E-state index in [1.165, 1.54) is 0 Å². The number of aromatic nitrogens is 4. The van der Waals surface area contributed by atoms with Gasteiger partial charge in [0.15, 0.2) is 0 Å². The predicted molar refractivity (Wildman–Crippen MR) is 103 cm³/mol. The molecule has 0 bridgehead atoms. The first kappa shape index (κ1) is 17.2. The Morgan fingerprint density at radius 1 is 0.963 bits per heavy atom. The third-order valence-corrected chi connectivity index (χ3v) is 4.95. The Hall–Kier alpha value is -3.26. The summed E-state index contributed by atoms with van der Waals surface area (Å²) in [4.78, 5) is 9.08. The Bertz CT molecular complexity index is 1030. The molecule has 4 rings (SSSR count). The van der Waals surface area contributed by atoms with Gasteiger partial charge < -0.3 is 9.47 Å². The van der Waals surface area contributed by atoms with E-state index in [9.17, 15) is 0 Å². The molecule has 1 radical (unpaired) electrons. The van der Waals surface area contributed by atoms with Crippen molar-refractivity contribution in [3.8, 4) is 22.8 Å². The van der Waals surface area contributed by atoms with E-state index < -0.39 is 0 Å². The minimum Gasteiger partial charge on any atom is -0.496 e. The van der Waals surface area contributed by atoms with Crippen LogP contribution in [-0.2, 0) is 6.54 Å². The van der Waals surface area contributed by atoms with Crippen molar-refractivity contribution >= 4 is 27.5 Å². The standard InChI is InChI=1S/C19H16N5O2S/c1-25-14-7-5-8-15(26-2)18(14)13-10-21-24-19(23-13)20-11-17-22-12-6-3-4-9-16(12)27-17/h3-10H,11H2,1-2H3. The molecule has 0 aliphatic rings. The van der Waals surface area contributed by atoms with Crippen LogP contribution >= 0.6 is 11.3 Å². The van der Waals surface area contributed by atoms with Crippen LogP contribution in [0.2, 0.25) is 0 Å². The SMILES string of the molecule is COc1cccc(OC)c1-c1cnnc([N]Cc2nc3ccccc3s2)n1. The highest BCUT2D eigenvalue weighted by Gasteiger charge is 2.15. The third kappa shape index (κ3) is 3.52. The molecule has 0 saturated carbocycles. The highest BCUT2D eigenvalue weighted by Crippen LogP contribution is 2.37. The molecule has 0 aliphatic carbocycles. The zero-order chi connectivity index (χ0) is 18.6. The molecular weight excluding hydrogens is 362 g/mol. The molecule has 0 unspecified atom stereocenters. The number of benzene rings is 2. The molecule has 0 aliphatic heterocycles. The van der Waals surface area contributed by atoms with Crippen LogP contribution in [0.3, 0.4) is 0 Å². The first-order valence-electron chi connectivity index (χ1n) is 8.21. The Kier molecular flexibility index (Phi) is 4.80. The molecule has 0 saturated heterocycles. The molecule has 2 aromatic heterocycles. The number of nitrogens with zero attached hydrogens (tertiary/aromatic N) is 5. The van der Waals surface area contributed by atoms with E-state index in [4.69, 9.17) is 9.47 Å². The lowest BCUT2D eigenvalue weighted by atomic mass is 10.1. The van der Waals surface area contributed by atoms with Crippen molar-refractivity contribution in [1.82, 2.24) is 25.5 Å². The summed E-state index contributed by atoms with van der Waals surface area (Å²) in [7, 11) is 3.20. The maximum Gasteiger partial charge on any atom is 0.265 e. The molecule has 0 N–H and O–H groups in total. The van der Waals surface area contributed by atoms with Gasteiger partial charge in [-0.25, -0.2) is 15.3 Å². The van der Waals surface area contributed by atoms with Gasteiger partial charge in [0.1, 0.15) is 22.2 Å². The van der Waals surface area contributed by atoms with Crippen LogP contribution in [0.1, 0.15) is 5.01 Å². The van der Waals surface area contributed by atoms with E-state index in [0.29, 0.717) is 35.2 Å². The topological polar surface area (TPSA) is 84.1 Å². The van der Waals surface area contributed by atoms with Gasteiger partial charge in [-0.05, 0) is 24.3 Å². The summed E-state index contributed by atoms with van der Waals surface area (Å²) in [5.74, 6) is 1.58. The molecule has 2 heterocycles. The fourth-order valence-corrected chi connectivity index (χ4v) is 3.60. The Morgan fingerprint density at radius 2 is 1.74 bits per heavy atom.